The van der Waals surface area contributed by atoms with Crippen LogP contribution in [-0.4, -0.2) is 11.6 Å². The number of allylic oxidation sites excluding steroid dienone is 10. The standard InChI is InChI=1S/C36H50O2/c1-26(2)14-10-15-27(3)16-11-17-28(4)18-12-19-29(5)20-13-21-30(6)24-25-32-31(7)35(37)33-22-8-9-23-34(33)36(32)38/h8-9,16,18,20,22-24,26H,10-15,17,19,21,25H2,1-7H3. The SMILES string of the molecule is CC(=CCCC(C)=CCC1=C(C)C(=O)c2ccccc2C1=O)CCC=C(C)CCC=C(C)CCCC(C)C. The molecule has 0 saturated carbocycles. The van der Waals surface area contributed by atoms with Crippen molar-refractivity contribution in [3.05, 3.63) is 93.1 Å². The molecule has 1 aromatic rings. The van der Waals surface area contributed by atoms with Gasteiger partial charge in [0.1, 0.15) is 0 Å². The Labute approximate surface area is 232 Å². The molecule has 0 fully saturated rings. The zero-order valence-corrected chi connectivity index (χ0v) is 25.1. The Morgan fingerprint density at radius 2 is 1.13 bits per heavy atom. The first-order valence-corrected chi connectivity index (χ1v) is 14.6. The molecule has 0 aromatic heterocycles. The predicted octanol–water partition coefficient (Wildman–Crippen LogP) is 10.7. The Bertz CT molecular complexity index is 1120. The minimum atomic E-state index is -0.0206. The average Bonchev–Trinajstić information content (AvgIpc) is 2.87. The van der Waals surface area contributed by atoms with Crippen molar-refractivity contribution in [1.82, 2.24) is 0 Å². The molecular weight excluding hydrogens is 464 g/mol. The topological polar surface area (TPSA) is 34.1 Å². The summed E-state index contributed by atoms with van der Waals surface area (Å²) in [5.41, 5.74) is 8.02. The molecule has 0 amide bonds. The first kappa shape index (κ1) is 31.5. The zero-order chi connectivity index (χ0) is 28.1. The number of benzene rings is 1. The van der Waals surface area contributed by atoms with E-state index in [1.807, 2.05) is 12.1 Å². The Kier molecular flexibility index (Phi) is 13.5. The molecule has 0 spiro atoms. The van der Waals surface area contributed by atoms with Crippen molar-refractivity contribution in [1.29, 1.82) is 0 Å². The van der Waals surface area contributed by atoms with Crippen molar-refractivity contribution >= 4 is 11.6 Å². The van der Waals surface area contributed by atoms with E-state index < -0.39 is 0 Å². The Balaban J connectivity index is 1.73. The smallest absolute Gasteiger partial charge is 0.190 e. The van der Waals surface area contributed by atoms with Crippen molar-refractivity contribution in [3.8, 4) is 0 Å². The maximum atomic E-state index is 12.9. The van der Waals surface area contributed by atoms with E-state index in [1.54, 1.807) is 19.1 Å². The van der Waals surface area contributed by atoms with Gasteiger partial charge >= 0.3 is 0 Å². The number of ketones is 2. The number of hydrogen-bond acceptors (Lipinski definition) is 2. The normalized spacial score (nSPS) is 15.6. The fourth-order valence-electron chi connectivity index (χ4n) is 4.91. The molecule has 0 radical (unpaired) electrons. The molecule has 1 aliphatic rings. The number of rotatable bonds is 15. The van der Waals surface area contributed by atoms with Crippen LogP contribution in [0.15, 0.2) is 82.0 Å². The third kappa shape index (κ3) is 10.6. The average molecular weight is 515 g/mol. The van der Waals surface area contributed by atoms with E-state index in [0.29, 0.717) is 28.7 Å². The van der Waals surface area contributed by atoms with E-state index in [-0.39, 0.29) is 11.6 Å². The molecule has 0 bridgehead atoms. The lowest BCUT2D eigenvalue weighted by Gasteiger charge is -2.18. The van der Waals surface area contributed by atoms with Crippen molar-refractivity contribution < 1.29 is 9.59 Å². The summed E-state index contributed by atoms with van der Waals surface area (Å²) >= 11 is 0. The quantitative estimate of drug-likeness (QED) is 0.218. The summed E-state index contributed by atoms with van der Waals surface area (Å²) < 4.78 is 0. The van der Waals surface area contributed by atoms with Crippen LogP contribution in [0, 0.1) is 5.92 Å². The minimum Gasteiger partial charge on any atom is -0.289 e. The van der Waals surface area contributed by atoms with Crippen LogP contribution in [0.3, 0.4) is 0 Å². The van der Waals surface area contributed by atoms with Crippen LogP contribution in [0.2, 0.25) is 0 Å². The molecule has 1 aliphatic carbocycles. The minimum absolute atomic E-state index is 0.00590. The molecule has 38 heavy (non-hydrogen) atoms. The maximum absolute atomic E-state index is 12.9. The van der Waals surface area contributed by atoms with Gasteiger partial charge in [-0.25, -0.2) is 0 Å². The largest absolute Gasteiger partial charge is 0.289 e. The Hall–Kier alpha value is -2.74. The van der Waals surface area contributed by atoms with E-state index in [4.69, 9.17) is 0 Å². The van der Waals surface area contributed by atoms with E-state index in [9.17, 15) is 9.59 Å². The van der Waals surface area contributed by atoms with Crippen LogP contribution in [0.5, 0.6) is 0 Å². The fraction of sp³-hybridized carbons (Fsp3) is 0.500. The monoisotopic (exact) mass is 514 g/mol. The lowest BCUT2D eigenvalue weighted by Crippen LogP contribution is -2.20. The van der Waals surface area contributed by atoms with Gasteiger partial charge in [-0.15, -0.1) is 0 Å². The molecule has 0 N–H and O–H groups in total. The van der Waals surface area contributed by atoms with Gasteiger partial charge in [0.25, 0.3) is 0 Å². The van der Waals surface area contributed by atoms with E-state index in [2.05, 4.69) is 65.8 Å². The highest BCUT2D eigenvalue weighted by Crippen LogP contribution is 2.28. The van der Waals surface area contributed by atoms with Gasteiger partial charge in [0.05, 0.1) is 0 Å². The molecule has 2 rings (SSSR count). The summed E-state index contributed by atoms with van der Waals surface area (Å²) in [6, 6.07) is 7.15. The first-order chi connectivity index (χ1) is 18.1. The molecule has 0 aliphatic heterocycles. The van der Waals surface area contributed by atoms with Gasteiger partial charge in [-0.2, -0.15) is 0 Å². The number of Topliss-reactive ketones (excluding diaryl/α,β-unsaturated/α-hetero) is 2. The summed E-state index contributed by atoms with van der Waals surface area (Å²) in [7, 11) is 0. The Morgan fingerprint density at radius 3 is 1.63 bits per heavy atom. The van der Waals surface area contributed by atoms with Crippen molar-refractivity contribution in [2.75, 3.05) is 0 Å². The maximum Gasteiger partial charge on any atom is 0.190 e. The molecule has 1 aromatic carbocycles. The molecule has 0 saturated heterocycles. The van der Waals surface area contributed by atoms with E-state index >= 15 is 0 Å². The molecule has 206 valence electrons. The van der Waals surface area contributed by atoms with Crippen LogP contribution < -0.4 is 0 Å². The molecule has 2 nitrogen and oxygen atoms in total. The first-order valence-electron chi connectivity index (χ1n) is 14.6. The van der Waals surface area contributed by atoms with Gasteiger partial charge in [-0.05, 0) is 98.3 Å². The van der Waals surface area contributed by atoms with Gasteiger partial charge in [-0.3, -0.25) is 9.59 Å². The summed E-state index contributed by atoms with van der Waals surface area (Å²) in [5, 5.41) is 0. The van der Waals surface area contributed by atoms with Crippen LogP contribution in [-0.2, 0) is 0 Å². The Morgan fingerprint density at radius 1 is 0.684 bits per heavy atom. The van der Waals surface area contributed by atoms with Crippen LogP contribution >= 0.6 is 0 Å². The highest BCUT2D eigenvalue weighted by atomic mass is 16.1. The highest BCUT2D eigenvalue weighted by Gasteiger charge is 2.28. The summed E-state index contributed by atoms with van der Waals surface area (Å²) in [4.78, 5) is 25.6. The summed E-state index contributed by atoms with van der Waals surface area (Å²) in [6.07, 6.45) is 20.2. The molecule has 0 unspecified atom stereocenters. The summed E-state index contributed by atoms with van der Waals surface area (Å²) in [5.74, 6) is 0.778. The van der Waals surface area contributed by atoms with Gasteiger partial charge in [0, 0.05) is 22.3 Å². The van der Waals surface area contributed by atoms with Gasteiger partial charge in [0.15, 0.2) is 11.6 Å². The lowest BCUT2D eigenvalue weighted by atomic mass is 9.83. The highest BCUT2D eigenvalue weighted by molar-refractivity contribution is 6.26. The van der Waals surface area contributed by atoms with Crippen molar-refractivity contribution in [3.63, 3.8) is 0 Å². The third-order valence-electron chi connectivity index (χ3n) is 7.59. The van der Waals surface area contributed by atoms with Crippen LogP contribution in [0.4, 0.5) is 0 Å². The second kappa shape index (κ2) is 16.3. The molecule has 0 heterocycles. The van der Waals surface area contributed by atoms with Crippen LogP contribution in [0.25, 0.3) is 0 Å². The van der Waals surface area contributed by atoms with Crippen molar-refractivity contribution in [2.45, 2.75) is 113 Å². The van der Waals surface area contributed by atoms with Gasteiger partial charge in [0.2, 0.25) is 0 Å². The van der Waals surface area contributed by atoms with Gasteiger partial charge in [-0.1, -0.05) is 91.1 Å². The summed E-state index contributed by atoms with van der Waals surface area (Å²) in [6.45, 7) is 15.3. The second-order valence-corrected chi connectivity index (χ2v) is 11.6. The molecular formula is C36H50O2. The second-order valence-electron chi connectivity index (χ2n) is 11.6. The van der Waals surface area contributed by atoms with Crippen molar-refractivity contribution in [2.24, 2.45) is 5.92 Å². The zero-order valence-electron chi connectivity index (χ0n) is 25.1. The molecule has 0 atom stereocenters. The fourth-order valence-corrected chi connectivity index (χ4v) is 4.91. The van der Waals surface area contributed by atoms with Gasteiger partial charge < -0.3 is 0 Å². The third-order valence-corrected chi connectivity index (χ3v) is 7.59. The number of fused-ring (bicyclic) bond motifs is 1. The lowest BCUT2D eigenvalue weighted by molar-refractivity contribution is 0.0973. The number of carbonyl (C=O) groups is 2. The number of hydrogen-bond donors (Lipinski definition) is 0. The molecule has 2 heteroatoms. The van der Waals surface area contributed by atoms with E-state index in [1.165, 1.54) is 41.6 Å². The van der Waals surface area contributed by atoms with E-state index in [0.717, 1.165) is 44.4 Å². The predicted molar refractivity (Wildman–Crippen MR) is 164 cm³/mol. The number of carbonyl (C=O) groups excluding carboxylic acids is 2. The van der Waals surface area contributed by atoms with Crippen LogP contribution in [0.1, 0.15) is 133 Å².